The summed E-state index contributed by atoms with van der Waals surface area (Å²) in [5.74, 6) is -0.447. The summed E-state index contributed by atoms with van der Waals surface area (Å²) in [4.78, 5) is 15.8. The SMILES string of the molecule is CCCC(C)c1cccc2c(C(C)=O)c(F)cnc12. The average molecular weight is 259 g/mol. The number of pyridine rings is 1. The molecule has 1 aromatic heterocycles. The lowest BCUT2D eigenvalue weighted by Crippen LogP contribution is -2.03. The van der Waals surface area contributed by atoms with Gasteiger partial charge in [-0.15, -0.1) is 0 Å². The van der Waals surface area contributed by atoms with Crippen molar-refractivity contribution in [1.82, 2.24) is 4.98 Å². The van der Waals surface area contributed by atoms with E-state index in [1.807, 2.05) is 12.1 Å². The van der Waals surface area contributed by atoms with E-state index in [0.29, 0.717) is 11.3 Å². The number of Topliss-reactive ketones (excluding diaryl/α,β-unsaturated/α-hetero) is 1. The van der Waals surface area contributed by atoms with Gasteiger partial charge < -0.3 is 0 Å². The van der Waals surface area contributed by atoms with E-state index < -0.39 is 5.82 Å². The molecule has 0 fully saturated rings. The molecule has 2 rings (SSSR count). The highest BCUT2D eigenvalue weighted by molar-refractivity contribution is 6.06. The zero-order chi connectivity index (χ0) is 14.0. The molecule has 0 saturated carbocycles. The van der Waals surface area contributed by atoms with Crippen molar-refractivity contribution < 1.29 is 9.18 Å². The van der Waals surface area contributed by atoms with Crippen molar-refractivity contribution >= 4 is 16.7 Å². The first-order valence-electron chi connectivity index (χ1n) is 6.64. The van der Waals surface area contributed by atoms with Crippen molar-refractivity contribution in [2.75, 3.05) is 0 Å². The third-order valence-electron chi connectivity index (χ3n) is 3.49. The Labute approximate surface area is 112 Å². The molecule has 0 amide bonds. The monoisotopic (exact) mass is 259 g/mol. The Hall–Kier alpha value is -1.77. The lowest BCUT2D eigenvalue weighted by atomic mass is 9.92. The van der Waals surface area contributed by atoms with Gasteiger partial charge in [-0.3, -0.25) is 9.78 Å². The average Bonchev–Trinajstić information content (AvgIpc) is 2.37. The van der Waals surface area contributed by atoms with Crippen molar-refractivity contribution in [3.63, 3.8) is 0 Å². The summed E-state index contributed by atoms with van der Waals surface area (Å²) in [6.07, 6.45) is 3.28. The van der Waals surface area contributed by atoms with E-state index in [4.69, 9.17) is 0 Å². The quantitative estimate of drug-likeness (QED) is 0.758. The molecule has 100 valence electrons. The number of carbonyl (C=O) groups is 1. The number of para-hydroxylation sites is 1. The van der Waals surface area contributed by atoms with Crippen LogP contribution in [0.3, 0.4) is 0 Å². The number of ketones is 1. The molecule has 0 aliphatic heterocycles. The lowest BCUT2D eigenvalue weighted by molar-refractivity contribution is 0.101. The Bertz CT molecular complexity index is 621. The van der Waals surface area contributed by atoms with E-state index in [-0.39, 0.29) is 11.3 Å². The molecule has 0 radical (unpaired) electrons. The lowest BCUT2D eigenvalue weighted by Gasteiger charge is -2.14. The molecule has 1 unspecified atom stereocenters. The highest BCUT2D eigenvalue weighted by Gasteiger charge is 2.16. The fourth-order valence-corrected chi connectivity index (χ4v) is 2.57. The number of benzene rings is 1. The van der Waals surface area contributed by atoms with Gasteiger partial charge in [0.15, 0.2) is 11.6 Å². The van der Waals surface area contributed by atoms with E-state index >= 15 is 0 Å². The largest absolute Gasteiger partial charge is 0.294 e. The van der Waals surface area contributed by atoms with Gasteiger partial charge in [-0.1, -0.05) is 38.5 Å². The second kappa shape index (κ2) is 5.47. The maximum absolute atomic E-state index is 13.8. The predicted molar refractivity (Wildman–Crippen MR) is 75.0 cm³/mol. The number of hydrogen-bond donors (Lipinski definition) is 0. The van der Waals surface area contributed by atoms with Crippen LogP contribution in [0.25, 0.3) is 10.9 Å². The molecule has 3 heteroatoms. The van der Waals surface area contributed by atoms with E-state index in [9.17, 15) is 9.18 Å². The second-order valence-electron chi connectivity index (χ2n) is 4.97. The standard InChI is InChI=1S/C16H18FNO/c1-4-6-10(2)12-7-5-8-13-15(11(3)19)14(17)9-18-16(12)13/h5,7-10H,4,6H2,1-3H3. The molecule has 1 aromatic carbocycles. The molecule has 0 spiro atoms. The van der Waals surface area contributed by atoms with Gasteiger partial charge in [-0.25, -0.2) is 4.39 Å². The third kappa shape index (κ3) is 2.50. The minimum Gasteiger partial charge on any atom is -0.294 e. The van der Waals surface area contributed by atoms with Gasteiger partial charge in [0.05, 0.1) is 17.3 Å². The molecule has 0 aliphatic rings. The van der Waals surface area contributed by atoms with E-state index in [0.717, 1.165) is 30.1 Å². The van der Waals surface area contributed by atoms with Crippen LogP contribution in [0.15, 0.2) is 24.4 Å². The summed E-state index contributed by atoms with van der Waals surface area (Å²) >= 11 is 0. The molecular formula is C16H18FNO. The first-order chi connectivity index (χ1) is 9.06. The first-order valence-corrected chi connectivity index (χ1v) is 6.64. The number of hydrogen-bond acceptors (Lipinski definition) is 2. The van der Waals surface area contributed by atoms with Crippen LogP contribution in [0.1, 0.15) is 55.5 Å². The Balaban J connectivity index is 2.70. The molecule has 0 aliphatic carbocycles. The Kier molecular flexibility index (Phi) is 3.93. The zero-order valence-electron chi connectivity index (χ0n) is 11.5. The maximum atomic E-state index is 13.8. The van der Waals surface area contributed by atoms with Crippen LogP contribution < -0.4 is 0 Å². The number of nitrogens with zero attached hydrogens (tertiary/aromatic N) is 1. The predicted octanol–water partition coefficient (Wildman–Crippen LogP) is 4.48. The maximum Gasteiger partial charge on any atom is 0.163 e. The van der Waals surface area contributed by atoms with Crippen LogP contribution >= 0.6 is 0 Å². The summed E-state index contributed by atoms with van der Waals surface area (Å²) in [6.45, 7) is 5.66. The number of carbonyl (C=O) groups excluding carboxylic acids is 1. The smallest absolute Gasteiger partial charge is 0.163 e. The summed E-state index contributed by atoms with van der Waals surface area (Å²) in [5.41, 5.74) is 1.98. The van der Waals surface area contributed by atoms with Crippen LogP contribution in [-0.2, 0) is 0 Å². The van der Waals surface area contributed by atoms with Crippen LogP contribution in [-0.4, -0.2) is 10.8 Å². The fraction of sp³-hybridized carbons (Fsp3) is 0.375. The topological polar surface area (TPSA) is 30.0 Å². The first kappa shape index (κ1) is 13.7. The van der Waals surface area contributed by atoms with E-state index in [1.165, 1.54) is 6.92 Å². The molecule has 1 heterocycles. The van der Waals surface area contributed by atoms with Crippen LogP contribution in [0.4, 0.5) is 4.39 Å². The molecule has 2 aromatic rings. The summed E-state index contributed by atoms with van der Waals surface area (Å²) in [6, 6.07) is 5.65. The van der Waals surface area contributed by atoms with Gasteiger partial charge in [0.25, 0.3) is 0 Å². The molecular weight excluding hydrogens is 241 g/mol. The van der Waals surface area contributed by atoms with Gasteiger partial charge in [0, 0.05) is 5.39 Å². The van der Waals surface area contributed by atoms with Gasteiger partial charge in [0.1, 0.15) is 0 Å². The minimum absolute atomic E-state index is 0.149. The zero-order valence-corrected chi connectivity index (χ0v) is 11.5. The number of aromatic nitrogens is 1. The van der Waals surface area contributed by atoms with Gasteiger partial charge >= 0.3 is 0 Å². The third-order valence-corrected chi connectivity index (χ3v) is 3.49. The molecule has 19 heavy (non-hydrogen) atoms. The Morgan fingerprint density at radius 3 is 2.79 bits per heavy atom. The van der Waals surface area contributed by atoms with E-state index in [2.05, 4.69) is 18.8 Å². The molecule has 0 bridgehead atoms. The van der Waals surface area contributed by atoms with Gasteiger partial charge in [-0.2, -0.15) is 0 Å². The van der Waals surface area contributed by atoms with Crippen LogP contribution in [0.5, 0.6) is 0 Å². The Morgan fingerprint density at radius 1 is 1.42 bits per heavy atom. The number of rotatable bonds is 4. The molecule has 0 saturated heterocycles. The van der Waals surface area contributed by atoms with Gasteiger partial charge in [0.2, 0.25) is 0 Å². The number of fused-ring (bicyclic) bond motifs is 1. The highest BCUT2D eigenvalue weighted by atomic mass is 19.1. The highest BCUT2D eigenvalue weighted by Crippen LogP contribution is 2.29. The second-order valence-corrected chi connectivity index (χ2v) is 4.97. The summed E-state index contributed by atoms with van der Waals surface area (Å²) in [5, 5.41) is 0.618. The summed E-state index contributed by atoms with van der Waals surface area (Å²) in [7, 11) is 0. The summed E-state index contributed by atoms with van der Waals surface area (Å²) < 4.78 is 13.8. The fourth-order valence-electron chi connectivity index (χ4n) is 2.57. The molecule has 1 atom stereocenters. The van der Waals surface area contributed by atoms with Crippen molar-refractivity contribution in [2.24, 2.45) is 0 Å². The van der Waals surface area contributed by atoms with Crippen molar-refractivity contribution in [2.45, 2.75) is 39.5 Å². The van der Waals surface area contributed by atoms with Crippen molar-refractivity contribution in [3.8, 4) is 0 Å². The Morgan fingerprint density at radius 2 is 2.16 bits per heavy atom. The number of halogens is 1. The minimum atomic E-state index is -0.541. The van der Waals surface area contributed by atoms with Gasteiger partial charge in [-0.05, 0) is 24.8 Å². The van der Waals surface area contributed by atoms with Crippen LogP contribution in [0.2, 0.25) is 0 Å². The van der Waals surface area contributed by atoms with Crippen molar-refractivity contribution in [1.29, 1.82) is 0 Å². The molecule has 0 N–H and O–H groups in total. The normalized spacial score (nSPS) is 12.6. The molecule has 2 nitrogen and oxygen atoms in total. The van der Waals surface area contributed by atoms with Crippen LogP contribution in [0, 0.1) is 5.82 Å². The van der Waals surface area contributed by atoms with E-state index in [1.54, 1.807) is 6.07 Å². The van der Waals surface area contributed by atoms with Crippen molar-refractivity contribution in [3.05, 3.63) is 41.3 Å².